The van der Waals surface area contributed by atoms with Crippen molar-refractivity contribution < 1.29 is 27.4 Å². The molecule has 0 bridgehead atoms. The highest BCUT2D eigenvalue weighted by atomic mass is 19.4. The molecule has 1 aliphatic rings. The summed E-state index contributed by atoms with van der Waals surface area (Å²) in [5, 5.41) is 4.34. The molecule has 0 spiro atoms. The van der Waals surface area contributed by atoms with Gasteiger partial charge in [0, 0.05) is 18.7 Å². The van der Waals surface area contributed by atoms with Crippen LogP contribution in [0.4, 0.5) is 18.0 Å². The molecule has 0 aromatic carbocycles. The third kappa shape index (κ3) is 3.81. The number of nitrogens with zero attached hydrogens (tertiary/aromatic N) is 3. The van der Waals surface area contributed by atoms with Crippen LogP contribution in [0.5, 0.6) is 5.75 Å². The molecule has 27 heavy (non-hydrogen) atoms. The molecule has 148 valence electrons. The summed E-state index contributed by atoms with van der Waals surface area (Å²) in [6.07, 6.45) is -0.700. The smallest absolute Gasteiger partial charge is 0.427 e. The molecule has 6 nitrogen and oxygen atoms in total. The van der Waals surface area contributed by atoms with Crippen molar-refractivity contribution in [3.8, 4) is 5.75 Å². The highest BCUT2D eigenvalue weighted by Crippen LogP contribution is 2.35. The predicted octanol–water partition coefficient (Wildman–Crippen LogP) is 4.00. The SMILES string of the molecule is COc1ccc2c(C3CCN(C(=O)OC(C)(C)C(F)(F)F)CC3)cnn2c1. The van der Waals surface area contributed by atoms with Gasteiger partial charge in [0.25, 0.3) is 0 Å². The van der Waals surface area contributed by atoms with Gasteiger partial charge < -0.3 is 14.4 Å². The van der Waals surface area contributed by atoms with E-state index in [4.69, 9.17) is 9.47 Å². The molecular weight excluding hydrogens is 363 g/mol. The Morgan fingerprint density at radius 2 is 1.89 bits per heavy atom. The van der Waals surface area contributed by atoms with Gasteiger partial charge in [-0.1, -0.05) is 0 Å². The maximum Gasteiger partial charge on any atom is 0.427 e. The lowest BCUT2D eigenvalue weighted by molar-refractivity contribution is -0.246. The minimum atomic E-state index is -4.61. The molecule has 2 aromatic rings. The summed E-state index contributed by atoms with van der Waals surface area (Å²) in [6, 6.07) is 3.78. The Morgan fingerprint density at radius 1 is 1.22 bits per heavy atom. The zero-order valence-electron chi connectivity index (χ0n) is 15.4. The van der Waals surface area contributed by atoms with Gasteiger partial charge in [-0.2, -0.15) is 18.3 Å². The lowest BCUT2D eigenvalue weighted by Crippen LogP contribution is -2.48. The van der Waals surface area contributed by atoms with Crippen LogP contribution >= 0.6 is 0 Å². The van der Waals surface area contributed by atoms with Crippen LogP contribution in [-0.4, -0.2) is 52.6 Å². The van der Waals surface area contributed by atoms with E-state index >= 15 is 0 Å². The van der Waals surface area contributed by atoms with E-state index in [1.807, 2.05) is 12.1 Å². The van der Waals surface area contributed by atoms with Gasteiger partial charge >= 0.3 is 12.3 Å². The number of aromatic nitrogens is 2. The highest BCUT2D eigenvalue weighted by Gasteiger charge is 2.51. The van der Waals surface area contributed by atoms with Gasteiger partial charge in [-0.3, -0.25) is 0 Å². The first kappa shape index (κ1) is 19.3. The molecule has 3 heterocycles. The Kier molecular flexibility index (Phi) is 4.96. The molecular formula is C18H22F3N3O3. The Labute approximate surface area is 154 Å². The summed E-state index contributed by atoms with van der Waals surface area (Å²) in [4.78, 5) is 13.4. The molecule has 0 unspecified atom stereocenters. The first-order valence-corrected chi connectivity index (χ1v) is 8.68. The zero-order chi connectivity index (χ0) is 19.8. The Bertz CT molecular complexity index is 824. The van der Waals surface area contributed by atoms with Crippen LogP contribution < -0.4 is 4.74 Å². The minimum absolute atomic E-state index is 0.176. The second kappa shape index (κ2) is 6.94. The van der Waals surface area contributed by atoms with E-state index in [0.717, 1.165) is 24.9 Å². The van der Waals surface area contributed by atoms with E-state index in [-0.39, 0.29) is 5.92 Å². The summed E-state index contributed by atoms with van der Waals surface area (Å²) in [5.41, 5.74) is -0.501. The standard InChI is InChI=1S/C18H22F3N3O3/c1-17(2,18(19,20)21)27-16(25)23-8-6-12(7-9-23)14-10-22-24-11-13(26-3)4-5-15(14)24/h4-5,10-12H,6-9H2,1-3H3. The number of halogens is 3. The number of methoxy groups -OCH3 is 1. The average Bonchev–Trinajstić information content (AvgIpc) is 3.03. The number of pyridine rings is 1. The number of fused-ring (bicyclic) bond motifs is 1. The second-order valence-electron chi connectivity index (χ2n) is 7.14. The fourth-order valence-electron chi connectivity index (χ4n) is 3.13. The lowest BCUT2D eigenvalue weighted by atomic mass is 9.90. The normalized spacial score (nSPS) is 16.6. The molecule has 1 fully saturated rings. The lowest BCUT2D eigenvalue weighted by Gasteiger charge is -2.35. The number of amides is 1. The van der Waals surface area contributed by atoms with E-state index in [2.05, 4.69) is 5.10 Å². The van der Waals surface area contributed by atoms with E-state index in [1.165, 1.54) is 4.90 Å². The van der Waals surface area contributed by atoms with Gasteiger partial charge in [-0.05, 0) is 44.7 Å². The molecule has 0 aliphatic carbocycles. The number of ether oxygens (including phenoxy) is 2. The Balaban J connectivity index is 1.65. The molecule has 1 aliphatic heterocycles. The number of hydrogen-bond acceptors (Lipinski definition) is 4. The van der Waals surface area contributed by atoms with Crippen LogP contribution in [-0.2, 0) is 4.74 Å². The second-order valence-corrected chi connectivity index (χ2v) is 7.14. The van der Waals surface area contributed by atoms with Crippen LogP contribution in [0.15, 0.2) is 24.5 Å². The zero-order valence-corrected chi connectivity index (χ0v) is 15.4. The summed E-state index contributed by atoms with van der Waals surface area (Å²) in [6.45, 7) is 2.38. The van der Waals surface area contributed by atoms with Crippen LogP contribution in [0.1, 0.15) is 38.2 Å². The van der Waals surface area contributed by atoms with Crippen molar-refractivity contribution in [2.75, 3.05) is 20.2 Å². The molecule has 1 amide bonds. The molecule has 0 atom stereocenters. The molecule has 0 radical (unpaired) electrons. The maximum absolute atomic E-state index is 12.9. The number of alkyl halides is 3. The maximum atomic E-state index is 12.9. The number of hydrogen-bond donors (Lipinski definition) is 0. The van der Waals surface area contributed by atoms with Crippen molar-refractivity contribution in [3.05, 3.63) is 30.1 Å². The largest absolute Gasteiger partial charge is 0.495 e. The van der Waals surface area contributed by atoms with E-state index in [1.54, 1.807) is 24.0 Å². The van der Waals surface area contributed by atoms with Crippen LogP contribution in [0.3, 0.4) is 0 Å². The third-order valence-electron chi connectivity index (χ3n) is 4.97. The summed E-state index contributed by atoms with van der Waals surface area (Å²) >= 11 is 0. The summed E-state index contributed by atoms with van der Waals surface area (Å²) < 4.78 is 50.3. The van der Waals surface area contributed by atoms with E-state index in [0.29, 0.717) is 31.7 Å². The van der Waals surface area contributed by atoms with E-state index < -0.39 is 17.9 Å². The van der Waals surface area contributed by atoms with Crippen molar-refractivity contribution in [3.63, 3.8) is 0 Å². The Morgan fingerprint density at radius 3 is 2.48 bits per heavy atom. The number of likely N-dealkylation sites (tertiary alicyclic amines) is 1. The van der Waals surface area contributed by atoms with Gasteiger partial charge in [0.15, 0.2) is 0 Å². The predicted molar refractivity (Wildman–Crippen MR) is 91.9 cm³/mol. The van der Waals surface area contributed by atoms with Gasteiger partial charge in [0.1, 0.15) is 5.75 Å². The van der Waals surface area contributed by atoms with Gasteiger partial charge in [-0.25, -0.2) is 9.31 Å². The first-order valence-electron chi connectivity index (χ1n) is 8.68. The van der Waals surface area contributed by atoms with Crippen molar-refractivity contribution in [1.82, 2.24) is 14.5 Å². The topological polar surface area (TPSA) is 56.1 Å². The minimum Gasteiger partial charge on any atom is -0.495 e. The number of piperidine rings is 1. The molecule has 1 saturated heterocycles. The molecule has 3 rings (SSSR count). The molecule has 0 N–H and O–H groups in total. The van der Waals surface area contributed by atoms with Gasteiger partial charge in [0.2, 0.25) is 5.60 Å². The summed E-state index contributed by atoms with van der Waals surface area (Å²) in [7, 11) is 1.58. The molecule has 0 saturated carbocycles. The summed E-state index contributed by atoms with van der Waals surface area (Å²) in [5.74, 6) is 0.873. The number of rotatable bonds is 3. The van der Waals surface area contributed by atoms with Crippen LogP contribution in [0.25, 0.3) is 5.52 Å². The fourth-order valence-corrected chi connectivity index (χ4v) is 3.13. The van der Waals surface area contributed by atoms with Crippen molar-refractivity contribution in [2.24, 2.45) is 0 Å². The number of carbonyl (C=O) groups excluding carboxylic acids is 1. The monoisotopic (exact) mass is 385 g/mol. The fraction of sp³-hybridized carbons (Fsp3) is 0.556. The van der Waals surface area contributed by atoms with Crippen molar-refractivity contribution in [2.45, 2.75) is 44.4 Å². The van der Waals surface area contributed by atoms with Crippen LogP contribution in [0, 0.1) is 0 Å². The molecule has 9 heteroatoms. The number of carbonyl (C=O) groups is 1. The quantitative estimate of drug-likeness (QED) is 0.801. The average molecular weight is 385 g/mol. The first-order chi connectivity index (χ1) is 12.6. The van der Waals surface area contributed by atoms with E-state index in [9.17, 15) is 18.0 Å². The van der Waals surface area contributed by atoms with Crippen LogP contribution in [0.2, 0.25) is 0 Å². The Hall–Kier alpha value is -2.45. The van der Waals surface area contributed by atoms with Crippen molar-refractivity contribution in [1.29, 1.82) is 0 Å². The van der Waals surface area contributed by atoms with Gasteiger partial charge in [-0.15, -0.1) is 0 Å². The van der Waals surface area contributed by atoms with Crippen molar-refractivity contribution >= 4 is 11.6 Å². The van der Waals surface area contributed by atoms with Gasteiger partial charge in [0.05, 0.1) is 25.0 Å². The molecule has 2 aromatic heterocycles. The third-order valence-corrected chi connectivity index (χ3v) is 4.97. The highest BCUT2D eigenvalue weighted by molar-refractivity contribution is 5.68.